The van der Waals surface area contributed by atoms with Crippen LogP contribution in [0.3, 0.4) is 0 Å². The van der Waals surface area contributed by atoms with Gasteiger partial charge >= 0.3 is 118 Å². The van der Waals surface area contributed by atoms with Gasteiger partial charge in [0.25, 0.3) is 30.4 Å². The molecule has 0 radical (unpaired) electrons. The molecule has 0 unspecified atom stereocenters. The minimum atomic E-state index is -5.32. The summed E-state index contributed by atoms with van der Waals surface area (Å²) in [5.41, 5.74) is 2.94. The maximum Gasteiger partial charge on any atom is 1.00 e. The summed E-state index contributed by atoms with van der Waals surface area (Å²) in [6.07, 6.45) is 0. The molecule has 7 rings (SSSR count). The Hall–Kier alpha value is -4.03. The molecule has 0 saturated carbocycles. The van der Waals surface area contributed by atoms with Crippen LogP contribution in [-0.2, 0) is 40.5 Å². The molecule has 7 aromatic carbocycles. The van der Waals surface area contributed by atoms with E-state index in [0.717, 1.165) is 38.5 Å². The van der Waals surface area contributed by atoms with Gasteiger partial charge in [0.05, 0.1) is 42.2 Å². The van der Waals surface area contributed by atoms with Crippen molar-refractivity contribution in [2.24, 2.45) is 25.4 Å². The molecule has 0 aliphatic rings. The standard InChI is InChI=1S/C41H34N8O17S4.4Na/c1-65-32-16-29(46-48-38-26(42)11-8-20-13-24(67(53,54)55)15-31(50)37(20)38)34(68(56,57)58)18-27(32)44-41(52)45-28-19-35(69(59,60)61)30(17-33(28)66-2)47-49-39-36(70(62,63)64)14-21-12-23(9-10-25(21)40(39)51)43-22-6-4-3-5-7-22;;;;/h3-19,43,50-51H,42H2,1-2H3,(H2,44,45,52)(H,53,54,55)(H,56,57,58)(H,59,60,61)(H,62,63,64);;;;/q;4*+1/p-4. The zero-order chi connectivity index (χ0) is 51.1. The van der Waals surface area contributed by atoms with E-state index >= 15 is 0 Å². The van der Waals surface area contributed by atoms with Crippen molar-refractivity contribution in [3.63, 3.8) is 0 Å². The second-order valence-electron chi connectivity index (χ2n) is 14.3. The fraction of sp³-hybridized carbons (Fsp3) is 0.0488. The number of aliphatic imine (C=N–C) groups is 1. The van der Waals surface area contributed by atoms with E-state index in [9.17, 15) is 67.2 Å². The van der Waals surface area contributed by atoms with Crippen LogP contribution in [0.15, 0.2) is 148 Å². The number of rotatable bonds is 14. The number of nitrogens with one attached hydrogen (secondary N) is 2. The Balaban J connectivity index is 0.00000361. The van der Waals surface area contributed by atoms with Crippen molar-refractivity contribution in [1.82, 2.24) is 0 Å². The van der Waals surface area contributed by atoms with Crippen molar-refractivity contribution in [2.75, 3.05) is 30.6 Å². The van der Waals surface area contributed by atoms with Crippen molar-refractivity contribution in [2.45, 2.75) is 19.6 Å². The Labute approximate surface area is 509 Å². The summed E-state index contributed by atoms with van der Waals surface area (Å²) >= 11 is 0. The Kier molecular flexibility index (Phi) is 22.1. The summed E-state index contributed by atoms with van der Waals surface area (Å²) in [6.45, 7) is 0. The van der Waals surface area contributed by atoms with E-state index in [-0.39, 0.29) is 145 Å². The summed E-state index contributed by atoms with van der Waals surface area (Å²) in [5, 5.41) is 59.8. The topological polar surface area (TPSA) is 420 Å². The minimum Gasteiger partial charge on any atom is -0.872 e. The van der Waals surface area contributed by atoms with E-state index < -0.39 is 123 Å². The average molecular weight is 1130 g/mol. The van der Waals surface area contributed by atoms with Crippen LogP contribution in [0.25, 0.3) is 21.5 Å². The van der Waals surface area contributed by atoms with Gasteiger partial charge in [-0.3, -0.25) is 13.7 Å². The molecule has 0 bridgehead atoms. The van der Waals surface area contributed by atoms with Gasteiger partial charge in [-0.2, -0.15) is 25.3 Å². The quantitative estimate of drug-likeness (QED) is 0.0147. The molecule has 7 N–H and O–H groups in total. The summed E-state index contributed by atoms with van der Waals surface area (Å²) in [7, 11) is -18.7. The Morgan fingerprint density at radius 2 is 1.16 bits per heavy atom. The maximum atomic E-state index is 13.6. The third-order valence-corrected chi connectivity index (χ3v) is 13.2. The summed E-state index contributed by atoms with van der Waals surface area (Å²) in [6, 6.07) is 19.3. The third kappa shape index (κ3) is 14.7. The molecule has 0 heterocycles. The van der Waals surface area contributed by atoms with Gasteiger partial charge in [-0.25, -0.2) is 13.4 Å². The van der Waals surface area contributed by atoms with E-state index in [4.69, 9.17) is 15.2 Å². The zero-order valence-electron chi connectivity index (χ0n) is 39.3. The molecular weight excluding hydrogens is 1100 g/mol. The van der Waals surface area contributed by atoms with Crippen LogP contribution in [0.4, 0.5) is 51.2 Å². The van der Waals surface area contributed by atoms with E-state index in [0.29, 0.717) is 29.6 Å². The summed E-state index contributed by atoms with van der Waals surface area (Å²) in [4.78, 5) is -0.273. The smallest absolute Gasteiger partial charge is 0.872 e. The van der Waals surface area contributed by atoms with Gasteiger partial charge in [0.1, 0.15) is 59.1 Å². The average Bonchev–Trinajstić information content (AvgIpc) is 3.27. The fourth-order valence-corrected chi connectivity index (χ4v) is 9.11. The van der Waals surface area contributed by atoms with Crippen molar-refractivity contribution in [3.05, 3.63) is 103 Å². The first-order chi connectivity index (χ1) is 32.8. The number of para-hydroxylation sites is 1. The van der Waals surface area contributed by atoms with Gasteiger partial charge in [0.2, 0.25) is 0 Å². The van der Waals surface area contributed by atoms with Crippen LogP contribution < -0.4 is 159 Å². The van der Waals surface area contributed by atoms with Crippen molar-refractivity contribution >= 4 is 119 Å². The first-order valence-corrected chi connectivity index (χ1v) is 24.8. The molecule has 7 aromatic rings. The van der Waals surface area contributed by atoms with Crippen LogP contribution in [0.2, 0.25) is 0 Å². The van der Waals surface area contributed by atoms with E-state index in [2.05, 4.69) is 36.1 Å². The van der Waals surface area contributed by atoms with E-state index in [1.54, 1.807) is 30.3 Å². The Bertz CT molecular complexity index is 3880. The van der Waals surface area contributed by atoms with E-state index in [1.165, 1.54) is 30.3 Å². The van der Waals surface area contributed by atoms with Crippen molar-refractivity contribution in [3.8, 4) is 23.0 Å². The number of azo groups is 2. The first-order valence-electron chi connectivity index (χ1n) is 19.1. The zero-order valence-corrected chi connectivity index (χ0v) is 50.6. The number of nitrogens with zero attached hydrogens (tertiary/aromatic N) is 5. The molecule has 0 saturated heterocycles. The largest absolute Gasteiger partial charge is 1.00 e. The molecule has 0 atom stereocenters. The second kappa shape index (κ2) is 25.4. The predicted octanol–water partition coefficient (Wildman–Crippen LogP) is -6.57. The van der Waals surface area contributed by atoms with E-state index in [1.807, 2.05) is 0 Å². The molecule has 0 aliphatic carbocycles. The van der Waals surface area contributed by atoms with Gasteiger partial charge in [-0.05, 0) is 70.8 Å². The number of benzene rings is 7. The Morgan fingerprint density at radius 3 is 1.73 bits per heavy atom. The first kappa shape index (κ1) is 64.3. The SMILES string of the molecule is COc1cc(N=Nc2c(N)ccc3cc(S(=O)(=O)[O-])cc([O-])c23)c(S(=O)(=O)O)cc1N=C([O-])Nc1cc(S(=O)(=O)O)c(N=Nc2c(S(=O)(=O)O)cc3cc(Nc4ccccc4)ccc3c2[O-])cc1OC.[Na+].[Na+].[Na+].[Na+]. The van der Waals surface area contributed by atoms with Gasteiger partial charge in [0, 0.05) is 28.9 Å². The number of anilines is 4. The number of amidine groups is 1. The van der Waals surface area contributed by atoms with Gasteiger partial charge < -0.3 is 45.7 Å². The molecule has 33 heteroatoms. The van der Waals surface area contributed by atoms with Crippen LogP contribution >= 0.6 is 0 Å². The summed E-state index contributed by atoms with van der Waals surface area (Å²) in [5.74, 6) is -2.89. The van der Waals surface area contributed by atoms with Crippen LogP contribution in [-0.4, -0.2) is 72.1 Å². The number of fused-ring (bicyclic) bond motifs is 2. The van der Waals surface area contributed by atoms with Crippen LogP contribution in [0.5, 0.6) is 23.0 Å². The fourth-order valence-electron chi connectivity index (χ4n) is 6.68. The van der Waals surface area contributed by atoms with Crippen molar-refractivity contribution in [1.29, 1.82) is 0 Å². The molecule has 0 amide bonds. The number of methoxy groups -OCH3 is 2. The monoisotopic (exact) mass is 1130 g/mol. The molecule has 0 spiro atoms. The number of nitrogen functional groups attached to an aromatic ring is 1. The minimum absolute atomic E-state index is 0. The summed E-state index contributed by atoms with van der Waals surface area (Å²) < 4.78 is 151. The third-order valence-electron chi connectivity index (χ3n) is 9.80. The molecule has 0 aliphatic heterocycles. The van der Waals surface area contributed by atoms with Crippen LogP contribution in [0, 0.1) is 0 Å². The van der Waals surface area contributed by atoms with Crippen LogP contribution in [0.1, 0.15) is 0 Å². The number of ether oxygens (including phenoxy) is 2. The number of hydrogen-bond acceptors (Lipinski definition) is 21. The maximum absolute atomic E-state index is 13.6. The van der Waals surface area contributed by atoms with Gasteiger partial charge in [0.15, 0.2) is 0 Å². The number of nitrogens with two attached hydrogens (primary N) is 1. The molecule has 364 valence electrons. The molecule has 25 nitrogen and oxygen atoms in total. The normalized spacial score (nSPS) is 12.1. The molecule has 0 aromatic heterocycles. The van der Waals surface area contributed by atoms with Gasteiger partial charge in [-0.15, -0.1) is 20.5 Å². The van der Waals surface area contributed by atoms with Gasteiger partial charge in [-0.1, -0.05) is 47.9 Å². The second-order valence-corrected chi connectivity index (χ2v) is 19.9. The number of hydrogen-bond donors (Lipinski definition) is 6. The predicted molar refractivity (Wildman–Crippen MR) is 243 cm³/mol. The molecule has 0 fully saturated rings. The van der Waals surface area contributed by atoms with Crippen molar-refractivity contribution < 1.29 is 195 Å². The molecule has 74 heavy (non-hydrogen) atoms. The molecular formula is C41H30N8Na4O17S4. The Morgan fingerprint density at radius 1 is 0.595 bits per heavy atom.